The summed E-state index contributed by atoms with van der Waals surface area (Å²) in [7, 11) is 1.55. The highest BCUT2D eigenvalue weighted by molar-refractivity contribution is 6.00. The van der Waals surface area contributed by atoms with Gasteiger partial charge in [0.2, 0.25) is 5.78 Å². The Bertz CT molecular complexity index is 899. The van der Waals surface area contributed by atoms with Crippen LogP contribution in [0.2, 0.25) is 0 Å². The summed E-state index contributed by atoms with van der Waals surface area (Å²) in [4.78, 5) is 35.2. The van der Waals surface area contributed by atoms with E-state index in [1.54, 1.807) is 13.1 Å². The fourth-order valence-corrected chi connectivity index (χ4v) is 3.17. The Morgan fingerprint density at radius 3 is 2.44 bits per heavy atom. The number of rotatable bonds is 7. The first-order valence-electron chi connectivity index (χ1n) is 8.52. The molecule has 0 saturated carbocycles. The molecule has 2 aromatic rings. The summed E-state index contributed by atoms with van der Waals surface area (Å²) in [6.07, 6.45) is 0. The van der Waals surface area contributed by atoms with Gasteiger partial charge < -0.3 is 14.6 Å². The van der Waals surface area contributed by atoms with Gasteiger partial charge >= 0.3 is 5.97 Å². The van der Waals surface area contributed by atoms with E-state index in [2.05, 4.69) is 5.32 Å². The number of nitrogens with zero attached hydrogens (tertiary/aromatic N) is 2. The average molecular weight is 373 g/mol. The lowest BCUT2D eigenvalue weighted by Crippen LogP contribution is -2.15. The first-order valence-corrected chi connectivity index (χ1v) is 8.52. The Morgan fingerprint density at radius 1 is 1.26 bits per heavy atom. The van der Waals surface area contributed by atoms with Crippen LogP contribution in [0, 0.1) is 24.0 Å². The molecule has 8 heteroatoms. The standard InChI is InChI=1S/C19H23N3O5/c1-11(2)21-12(3)8-15(13(21)4)18(23)10-27-19(24)14-6-7-16(20-5)17(9-14)22(25)26/h6-9,11,20H,10H2,1-5H3. The van der Waals surface area contributed by atoms with Crippen molar-refractivity contribution in [2.45, 2.75) is 33.7 Å². The molecule has 144 valence electrons. The summed E-state index contributed by atoms with van der Waals surface area (Å²) in [6, 6.07) is 5.95. The molecule has 27 heavy (non-hydrogen) atoms. The van der Waals surface area contributed by atoms with Crippen molar-refractivity contribution < 1.29 is 19.2 Å². The van der Waals surface area contributed by atoms with Crippen LogP contribution >= 0.6 is 0 Å². The molecule has 0 aliphatic rings. The van der Waals surface area contributed by atoms with Gasteiger partial charge in [-0.05, 0) is 45.9 Å². The van der Waals surface area contributed by atoms with Gasteiger partial charge in [-0.3, -0.25) is 14.9 Å². The lowest BCUT2D eigenvalue weighted by atomic mass is 10.1. The number of nitro groups is 1. The third kappa shape index (κ3) is 4.16. The number of nitrogens with one attached hydrogen (secondary N) is 1. The zero-order chi connectivity index (χ0) is 20.3. The molecule has 2 rings (SSSR count). The number of anilines is 1. The van der Waals surface area contributed by atoms with E-state index >= 15 is 0 Å². The monoisotopic (exact) mass is 373 g/mol. The van der Waals surface area contributed by atoms with Crippen molar-refractivity contribution in [3.8, 4) is 0 Å². The Labute approximate surface area is 157 Å². The van der Waals surface area contributed by atoms with Gasteiger partial charge in [0.1, 0.15) is 5.69 Å². The Balaban J connectivity index is 2.14. The van der Waals surface area contributed by atoms with Gasteiger partial charge in [-0.15, -0.1) is 0 Å². The molecule has 1 aromatic carbocycles. The predicted molar refractivity (Wildman–Crippen MR) is 102 cm³/mol. The van der Waals surface area contributed by atoms with Crippen LogP contribution in [0.3, 0.4) is 0 Å². The van der Waals surface area contributed by atoms with E-state index in [0.29, 0.717) is 5.56 Å². The molecule has 0 aliphatic carbocycles. The largest absolute Gasteiger partial charge is 0.454 e. The summed E-state index contributed by atoms with van der Waals surface area (Å²) in [5, 5.41) is 13.8. The highest BCUT2D eigenvalue weighted by Crippen LogP contribution is 2.25. The van der Waals surface area contributed by atoms with E-state index in [4.69, 9.17) is 4.74 Å². The van der Waals surface area contributed by atoms with Crippen LogP contribution in [0.5, 0.6) is 0 Å². The molecule has 1 N–H and O–H groups in total. The second-order valence-corrected chi connectivity index (χ2v) is 6.49. The van der Waals surface area contributed by atoms with Gasteiger partial charge in [-0.1, -0.05) is 0 Å². The van der Waals surface area contributed by atoms with Crippen LogP contribution in [-0.4, -0.2) is 34.9 Å². The minimum atomic E-state index is -0.785. The number of carbonyl (C=O) groups excluding carboxylic acids is 2. The van der Waals surface area contributed by atoms with E-state index in [-0.39, 0.29) is 28.8 Å². The summed E-state index contributed by atoms with van der Waals surface area (Å²) in [5.41, 5.74) is 2.34. The molecule has 0 atom stereocenters. The number of hydrogen-bond donors (Lipinski definition) is 1. The fourth-order valence-electron chi connectivity index (χ4n) is 3.17. The number of ether oxygens (including phenoxy) is 1. The van der Waals surface area contributed by atoms with Gasteiger partial charge in [0.05, 0.1) is 10.5 Å². The molecule has 0 saturated heterocycles. The lowest BCUT2D eigenvalue weighted by molar-refractivity contribution is -0.384. The van der Waals surface area contributed by atoms with E-state index in [1.807, 2.05) is 32.3 Å². The van der Waals surface area contributed by atoms with Crippen molar-refractivity contribution in [1.29, 1.82) is 0 Å². The minimum Gasteiger partial charge on any atom is -0.454 e. The van der Waals surface area contributed by atoms with E-state index in [0.717, 1.165) is 17.5 Å². The number of Topliss-reactive ketones (excluding diaryl/α,β-unsaturated/α-hetero) is 1. The number of esters is 1. The number of carbonyl (C=O) groups is 2. The van der Waals surface area contributed by atoms with Gasteiger partial charge in [0.25, 0.3) is 5.69 Å². The molecule has 1 heterocycles. The quantitative estimate of drug-likeness (QED) is 0.344. The molecule has 0 unspecified atom stereocenters. The van der Waals surface area contributed by atoms with Crippen LogP contribution in [0.25, 0.3) is 0 Å². The second kappa shape index (κ2) is 8.03. The van der Waals surface area contributed by atoms with Crippen molar-refractivity contribution in [2.75, 3.05) is 19.0 Å². The Morgan fingerprint density at radius 2 is 1.93 bits per heavy atom. The number of benzene rings is 1. The van der Waals surface area contributed by atoms with Gasteiger partial charge in [-0.2, -0.15) is 0 Å². The molecule has 0 bridgehead atoms. The van der Waals surface area contributed by atoms with Crippen LogP contribution in [0.4, 0.5) is 11.4 Å². The summed E-state index contributed by atoms with van der Waals surface area (Å²) in [6.45, 7) is 7.38. The lowest BCUT2D eigenvalue weighted by Gasteiger charge is -2.13. The molecule has 0 aliphatic heterocycles. The maximum Gasteiger partial charge on any atom is 0.338 e. The van der Waals surface area contributed by atoms with Gasteiger partial charge in [0.15, 0.2) is 6.61 Å². The molecular formula is C19H23N3O5. The van der Waals surface area contributed by atoms with Gasteiger partial charge in [-0.25, -0.2) is 4.79 Å². The third-order valence-corrected chi connectivity index (χ3v) is 4.33. The first kappa shape index (κ1) is 20.2. The van der Waals surface area contributed by atoms with Crippen molar-refractivity contribution in [2.24, 2.45) is 0 Å². The normalized spacial score (nSPS) is 10.7. The number of aromatic nitrogens is 1. The Hall–Kier alpha value is -3.16. The average Bonchev–Trinajstić information content (AvgIpc) is 2.93. The highest BCUT2D eigenvalue weighted by atomic mass is 16.6. The first-order chi connectivity index (χ1) is 12.7. The smallest absolute Gasteiger partial charge is 0.338 e. The minimum absolute atomic E-state index is 0.0150. The third-order valence-electron chi connectivity index (χ3n) is 4.33. The maximum atomic E-state index is 12.5. The molecule has 0 fully saturated rings. The number of aryl methyl sites for hydroxylation is 1. The predicted octanol–water partition coefficient (Wildman–Crippen LogP) is 3.68. The summed E-state index contributed by atoms with van der Waals surface area (Å²) >= 11 is 0. The Kier molecular flexibility index (Phi) is 5.99. The van der Waals surface area contributed by atoms with E-state index in [9.17, 15) is 19.7 Å². The molecule has 0 radical (unpaired) electrons. The van der Waals surface area contributed by atoms with Crippen LogP contribution in [0.15, 0.2) is 24.3 Å². The topological polar surface area (TPSA) is 103 Å². The summed E-state index contributed by atoms with van der Waals surface area (Å²) in [5.74, 6) is -1.10. The summed E-state index contributed by atoms with van der Waals surface area (Å²) < 4.78 is 7.11. The number of nitro benzene ring substituents is 1. The second-order valence-electron chi connectivity index (χ2n) is 6.49. The highest BCUT2D eigenvalue weighted by Gasteiger charge is 2.21. The maximum absolute atomic E-state index is 12.5. The van der Waals surface area contributed by atoms with E-state index in [1.165, 1.54) is 12.1 Å². The van der Waals surface area contributed by atoms with Crippen LogP contribution < -0.4 is 5.32 Å². The van der Waals surface area contributed by atoms with Gasteiger partial charge in [0, 0.05) is 36.1 Å². The fraction of sp³-hybridized carbons (Fsp3) is 0.368. The zero-order valence-corrected chi connectivity index (χ0v) is 16.0. The SMILES string of the molecule is CNc1ccc(C(=O)OCC(=O)c2cc(C)n(C(C)C)c2C)cc1[N+](=O)[O-]. The zero-order valence-electron chi connectivity index (χ0n) is 16.0. The van der Waals surface area contributed by atoms with Crippen LogP contribution in [-0.2, 0) is 4.74 Å². The number of ketones is 1. The van der Waals surface area contributed by atoms with Crippen molar-refractivity contribution in [3.05, 3.63) is 56.9 Å². The van der Waals surface area contributed by atoms with Crippen molar-refractivity contribution in [1.82, 2.24) is 4.57 Å². The molecule has 8 nitrogen and oxygen atoms in total. The molecule has 0 spiro atoms. The molecule has 0 amide bonds. The molecular weight excluding hydrogens is 350 g/mol. The van der Waals surface area contributed by atoms with Crippen molar-refractivity contribution >= 4 is 23.1 Å². The van der Waals surface area contributed by atoms with Crippen molar-refractivity contribution in [3.63, 3.8) is 0 Å². The molecule has 1 aromatic heterocycles. The van der Waals surface area contributed by atoms with E-state index < -0.39 is 17.5 Å². The van der Waals surface area contributed by atoms with Crippen LogP contribution in [0.1, 0.15) is 52.0 Å². The number of hydrogen-bond acceptors (Lipinski definition) is 6.